The molecule has 6 nitrogen and oxygen atoms in total. The van der Waals surface area contributed by atoms with Gasteiger partial charge in [-0.2, -0.15) is 0 Å². The number of aliphatic hydroxyl groups is 1. The number of carbonyl (C=O) groups is 1. The van der Waals surface area contributed by atoms with Crippen molar-refractivity contribution in [3.63, 3.8) is 0 Å². The number of aliphatic hydroxyl groups excluding tert-OH is 1. The maximum Gasteiger partial charge on any atom is 0.169 e. The first kappa shape index (κ1) is 25.8. The topological polar surface area (TPSA) is 74.2 Å². The smallest absolute Gasteiger partial charge is 0.169 e. The number of hydrogen-bond donors (Lipinski definition) is 1. The molecule has 190 valence electrons. The molecular formula is C31H30O6. The zero-order chi connectivity index (χ0) is 26.2. The number of benzene rings is 4. The molecule has 0 spiro atoms. The summed E-state index contributed by atoms with van der Waals surface area (Å²) in [5, 5.41) is 9.85. The number of aryl methyl sites for hydroxylation is 2. The highest BCUT2D eigenvalue weighted by molar-refractivity contribution is 5.76. The third-order valence-electron chi connectivity index (χ3n) is 6.22. The van der Waals surface area contributed by atoms with Gasteiger partial charge in [-0.3, -0.25) is 4.79 Å². The Labute approximate surface area is 217 Å². The molecule has 1 N–H and O–H groups in total. The predicted octanol–water partition coefficient (Wildman–Crippen LogP) is 6.26. The molecule has 0 radical (unpaired) electrons. The Balaban J connectivity index is 1.45. The lowest BCUT2D eigenvalue weighted by Gasteiger charge is -2.15. The Bertz CT molecular complexity index is 1360. The van der Waals surface area contributed by atoms with Crippen LogP contribution in [0.4, 0.5) is 0 Å². The molecule has 0 aliphatic carbocycles. The molecule has 37 heavy (non-hydrogen) atoms. The molecule has 0 bridgehead atoms. The summed E-state index contributed by atoms with van der Waals surface area (Å²) in [6.45, 7) is -0.0908. The van der Waals surface area contributed by atoms with E-state index in [1.54, 1.807) is 39.5 Å². The van der Waals surface area contributed by atoms with Crippen LogP contribution in [-0.2, 0) is 19.4 Å². The number of methoxy groups -OCH3 is 3. The van der Waals surface area contributed by atoms with Crippen LogP contribution in [0.3, 0.4) is 0 Å². The first-order valence-corrected chi connectivity index (χ1v) is 11.9. The van der Waals surface area contributed by atoms with E-state index in [0.717, 1.165) is 47.1 Å². The second kappa shape index (κ2) is 12.1. The molecule has 0 heterocycles. The van der Waals surface area contributed by atoms with Crippen LogP contribution < -0.4 is 18.9 Å². The third-order valence-corrected chi connectivity index (χ3v) is 6.22. The molecule has 6 heteroatoms. The highest BCUT2D eigenvalue weighted by Crippen LogP contribution is 2.36. The summed E-state index contributed by atoms with van der Waals surface area (Å²) >= 11 is 0. The number of ether oxygens (including phenoxy) is 4. The quantitative estimate of drug-likeness (QED) is 0.246. The predicted molar refractivity (Wildman–Crippen MR) is 143 cm³/mol. The molecule has 0 aliphatic heterocycles. The standard InChI is InChI=1S/C31H30O6/c1-34-26-12-14-27(24(18-26)20-33)28-13-8-22(16-30(28)36-3)5-4-21-6-10-25(11-7-21)37-31-17-23(19-32)9-15-29(31)35-2/h6-19,33H,4-5,20H2,1-3H3. The maximum atomic E-state index is 11.1. The average molecular weight is 499 g/mol. The summed E-state index contributed by atoms with van der Waals surface area (Å²) < 4.78 is 22.3. The normalized spacial score (nSPS) is 10.6. The molecule has 0 aliphatic rings. The van der Waals surface area contributed by atoms with E-state index >= 15 is 0 Å². The molecule has 0 fully saturated rings. The van der Waals surface area contributed by atoms with Crippen LogP contribution in [0, 0.1) is 0 Å². The van der Waals surface area contributed by atoms with Gasteiger partial charge in [-0.15, -0.1) is 0 Å². The first-order chi connectivity index (χ1) is 18.1. The summed E-state index contributed by atoms with van der Waals surface area (Å²) in [5.74, 6) is 3.18. The maximum absolute atomic E-state index is 11.1. The van der Waals surface area contributed by atoms with Crippen molar-refractivity contribution < 1.29 is 28.8 Å². The number of aldehydes is 1. The van der Waals surface area contributed by atoms with Gasteiger partial charge in [0, 0.05) is 11.1 Å². The summed E-state index contributed by atoms with van der Waals surface area (Å²) in [4.78, 5) is 11.1. The van der Waals surface area contributed by atoms with Crippen molar-refractivity contribution in [2.45, 2.75) is 19.4 Å². The molecular weight excluding hydrogens is 468 g/mol. The fourth-order valence-electron chi connectivity index (χ4n) is 4.19. The Hall–Kier alpha value is -4.29. The molecule has 0 saturated carbocycles. The second-order valence-electron chi connectivity index (χ2n) is 8.49. The lowest BCUT2D eigenvalue weighted by molar-refractivity contribution is 0.112. The van der Waals surface area contributed by atoms with Crippen LogP contribution in [0.1, 0.15) is 27.0 Å². The van der Waals surface area contributed by atoms with Crippen LogP contribution >= 0.6 is 0 Å². The Morgan fingerprint density at radius 3 is 2.00 bits per heavy atom. The van der Waals surface area contributed by atoms with Crippen molar-refractivity contribution in [1.82, 2.24) is 0 Å². The van der Waals surface area contributed by atoms with E-state index in [1.165, 1.54) is 5.56 Å². The molecule has 0 saturated heterocycles. The van der Waals surface area contributed by atoms with Gasteiger partial charge in [0.1, 0.15) is 23.5 Å². The lowest BCUT2D eigenvalue weighted by Crippen LogP contribution is -1.97. The van der Waals surface area contributed by atoms with E-state index in [9.17, 15) is 9.90 Å². The average Bonchev–Trinajstić information content (AvgIpc) is 2.96. The SMILES string of the molecule is COc1ccc(-c2ccc(CCc3ccc(Oc4cc(C=O)ccc4OC)cc3)cc2OC)c(CO)c1. The van der Waals surface area contributed by atoms with Crippen molar-refractivity contribution in [2.24, 2.45) is 0 Å². The van der Waals surface area contributed by atoms with Gasteiger partial charge >= 0.3 is 0 Å². The van der Waals surface area contributed by atoms with Gasteiger partial charge in [-0.05, 0) is 83.6 Å². The van der Waals surface area contributed by atoms with E-state index in [2.05, 4.69) is 6.07 Å². The van der Waals surface area contributed by atoms with Crippen LogP contribution in [0.25, 0.3) is 11.1 Å². The minimum Gasteiger partial charge on any atom is -0.497 e. The second-order valence-corrected chi connectivity index (χ2v) is 8.49. The van der Waals surface area contributed by atoms with Crippen molar-refractivity contribution in [3.05, 3.63) is 101 Å². The summed E-state index contributed by atoms with van der Waals surface area (Å²) in [6, 6.07) is 24.8. The number of rotatable bonds is 11. The largest absolute Gasteiger partial charge is 0.497 e. The molecule has 0 atom stereocenters. The zero-order valence-corrected chi connectivity index (χ0v) is 21.2. The van der Waals surface area contributed by atoms with Crippen molar-refractivity contribution in [3.8, 4) is 39.9 Å². The van der Waals surface area contributed by atoms with Crippen LogP contribution in [-0.4, -0.2) is 32.7 Å². The third kappa shape index (κ3) is 6.11. The number of carbonyl (C=O) groups excluding carboxylic acids is 1. The Morgan fingerprint density at radius 1 is 0.649 bits per heavy atom. The van der Waals surface area contributed by atoms with Crippen LogP contribution in [0.5, 0.6) is 28.7 Å². The van der Waals surface area contributed by atoms with E-state index in [-0.39, 0.29) is 6.61 Å². The molecule has 4 rings (SSSR count). The Morgan fingerprint density at radius 2 is 1.32 bits per heavy atom. The van der Waals surface area contributed by atoms with Gasteiger partial charge in [-0.1, -0.05) is 30.3 Å². The molecule has 0 unspecified atom stereocenters. The van der Waals surface area contributed by atoms with E-state index in [0.29, 0.717) is 28.6 Å². The van der Waals surface area contributed by atoms with E-state index < -0.39 is 0 Å². The first-order valence-electron chi connectivity index (χ1n) is 11.9. The molecule has 4 aromatic rings. The minimum absolute atomic E-state index is 0.0908. The molecule has 0 amide bonds. The fraction of sp³-hybridized carbons (Fsp3) is 0.194. The lowest BCUT2D eigenvalue weighted by atomic mass is 9.96. The highest BCUT2D eigenvalue weighted by Gasteiger charge is 2.13. The fourth-order valence-corrected chi connectivity index (χ4v) is 4.19. The van der Waals surface area contributed by atoms with Crippen LogP contribution in [0.15, 0.2) is 78.9 Å². The van der Waals surface area contributed by atoms with Gasteiger partial charge in [0.05, 0.1) is 27.9 Å². The van der Waals surface area contributed by atoms with Crippen molar-refractivity contribution in [1.29, 1.82) is 0 Å². The van der Waals surface area contributed by atoms with Crippen LogP contribution in [0.2, 0.25) is 0 Å². The zero-order valence-electron chi connectivity index (χ0n) is 21.2. The number of hydrogen-bond acceptors (Lipinski definition) is 6. The molecule has 0 aromatic heterocycles. The monoisotopic (exact) mass is 498 g/mol. The van der Waals surface area contributed by atoms with Crippen molar-refractivity contribution in [2.75, 3.05) is 21.3 Å². The van der Waals surface area contributed by atoms with E-state index in [4.69, 9.17) is 18.9 Å². The van der Waals surface area contributed by atoms with Gasteiger partial charge in [-0.25, -0.2) is 0 Å². The van der Waals surface area contributed by atoms with E-state index in [1.807, 2.05) is 54.6 Å². The summed E-state index contributed by atoms with van der Waals surface area (Å²) in [6.07, 6.45) is 2.46. The van der Waals surface area contributed by atoms with Gasteiger partial charge < -0.3 is 24.1 Å². The summed E-state index contributed by atoms with van der Waals surface area (Å²) in [5.41, 5.74) is 5.46. The Kier molecular flexibility index (Phi) is 8.44. The van der Waals surface area contributed by atoms with Gasteiger partial charge in [0.2, 0.25) is 0 Å². The van der Waals surface area contributed by atoms with Gasteiger partial charge in [0.25, 0.3) is 0 Å². The summed E-state index contributed by atoms with van der Waals surface area (Å²) in [7, 11) is 4.83. The van der Waals surface area contributed by atoms with Gasteiger partial charge in [0.15, 0.2) is 11.5 Å². The van der Waals surface area contributed by atoms with Crippen molar-refractivity contribution >= 4 is 6.29 Å². The molecule has 4 aromatic carbocycles. The highest BCUT2D eigenvalue weighted by atomic mass is 16.5. The minimum atomic E-state index is -0.0908.